The van der Waals surface area contributed by atoms with Crippen molar-refractivity contribution in [1.29, 1.82) is 0 Å². The molecule has 30 heavy (non-hydrogen) atoms. The van der Waals surface area contributed by atoms with Gasteiger partial charge in [0, 0.05) is 43.4 Å². The molecule has 1 heterocycles. The molecule has 1 fully saturated rings. The summed E-state index contributed by atoms with van der Waals surface area (Å²) in [6, 6.07) is 21.2. The molecule has 6 nitrogen and oxygen atoms in total. The molecule has 1 saturated heterocycles. The van der Waals surface area contributed by atoms with Crippen LogP contribution in [-0.2, 0) is 0 Å². The van der Waals surface area contributed by atoms with E-state index in [1.807, 2.05) is 35.2 Å². The van der Waals surface area contributed by atoms with Gasteiger partial charge in [-0.2, -0.15) is 0 Å². The van der Waals surface area contributed by atoms with E-state index in [1.165, 1.54) is 6.07 Å². The van der Waals surface area contributed by atoms with Gasteiger partial charge < -0.3 is 9.80 Å². The van der Waals surface area contributed by atoms with E-state index in [9.17, 15) is 14.9 Å². The second-order valence-electron chi connectivity index (χ2n) is 7.08. The minimum Gasteiger partial charge on any atom is -0.367 e. The Bertz CT molecular complexity index is 1080. The quantitative estimate of drug-likeness (QED) is 0.336. The number of benzene rings is 3. The van der Waals surface area contributed by atoms with Crippen LogP contribution in [-0.4, -0.2) is 36.9 Å². The lowest BCUT2D eigenvalue weighted by atomic mass is 10.0. The summed E-state index contributed by atoms with van der Waals surface area (Å²) < 4.78 is 0. The van der Waals surface area contributed by atoms with Gasteiger partial charge in [-0.3, -0.25) is 14.9 Å². The first-order valence-corrected chi connectivity index (χ1v) is 10.0. The van der Waals surface area contributed by atoms with Crippen LogP contribution in [0, 0.1) is 10.1 Å². The Labute approximate surface area is 179 Å². The van der Waals surface area contributed by atoms with Crippen LogP contribution in [0.2, 0.25) is 5.02 Å². The van der Waals surface area contributed by atoms with Crippen molar-refractivity contribution >= 4 is 34.4 Å². The number of halogens is 1. The van der Waals surface area contributed by atoms with E-state index in [4.69, 9.17) is 11.6 Å². The molecular formula is C23H20ClN3O3. The molecule has 0 amide bonds. The van der Waals surface area contributed by atoms with E-state index in [-0.39, 0.29) is 11.5 Å². The van der Waals surface area contributed by atoms with Crippen LogP contribution in [0.15, 0.2) is 72.8 Å². The van der Waals surface area contributed by atoms with Crippen molar-refractivity contribution in [3.8, 4) is 0 Å². The monoisotopic (exact) mass is 421 g/mol. The zero-order valence-corrected chi connectivity index (χ0v) is 17.0. The second-order valence-corrected chi connectivity index (χ2v) is 7.49. The highest BCUT2D eigenvalue weighted by Crippen LogP contribution is 2.32. The Morgan fingerprint density at radius 3 is 2.03 bits per heavy atom. The number of carbonyl (C=O) groups excluding carboxylic acids is 1. The molecular weight excluding hydrogens is 402 g/mol. The third-order valence-electron chi connectivity index (χ3n) is 5.28. The summed E-state index contributed by atoms with van der Waals surface area (Å²) in [7, 11) is 0. The maximum Gasteiger partial charge on any atom is 0.293 e. The van der Waals surface area contributed by atoms with Gasteiger partial charge in [-0.05, 0) is 24.3 Å². The minimum absolute atomic E-state index is 0.0528. The zero-order chi connectivity index (χ0) is 21.1. The number of hydrogen-bond acceptors (Lipinski definition) is 5. The molecule has 0 atom stereocenters. The van der Waals surface area contributed by atoms with Gasteiger partial charge in [0.15, 0.2) is 5.78 Å². The van der Waals surface area contributed by atoms with Gasteiger partial charge in [0.2, 0.25) is 0 Å². The third kappa shape index (κ3) is 4.00. The lowest BCUT2D eigenvalue weighted by Crippen LogP contribution is -2.46. The molecule has 4 rings (SSSR count). The van der Waals surface area contributed by atoms with E-state index in [1.54, 1.807) is 36.4 Å². The molecule has 0 aliphatic carbocycles. The fourth-order valence-electron chi connectivity index (χ4n) is 3.73. The van der Waals surface area contributed by atoms with Crippen LogP contribution in [0.3, 0.4) is 0 Å². The fraction of sp³-hybridized carbons (Fsp3) is 0.174. The van der Waals surface area contributed by atoms with Gasteiger partial charge in [-0.15, -0.1) is 0 Å². The standard InChI is InChI=1S/C23H20ClN3O3/c24-19-8-4-5-9-20(19)25-12-14-26(15-13-25)21-11-10-18(16-22(21)27(29)30)23(28)17-6-2-1-3-7-17/h1-11,16H,12-15H2. The Balaban J connectivity index is 1.55. The van der Waals surface area contributed by atoms with Crippen molar-refractivity contribution in [2.75, 3.05) is 36.0 Å². The molecule has 0 spiro atoms. The van der Waals surface area contributed by atoms with Crippen LogP contribution < -0.4 is 9.80 Å². The van der Waals surface area contributed by atoms with Gasteiger partial charge in [-0.25, -0.2) is 0 Å². The Kier molecular flexibility index (Phi) is 5.68. The molecule has 3 aromatic rings. The van der Waals surface area contributed by atoms with Gasteiger partial charge in [0.05, 0.1) is 15.6 Å². The number of nitrogens with zero attached hydrogens (tertiary/aromatic N) is 3. The van der Waals surface area contributed by atoms with Crippen molar-refractivity contribution in [3.05, 3.63) is 99.1 Å². The topological polar surface area (TPSA) is 66.7 Å². The predicted molar refractivity (Wildman–Crippen MR) is 119 cm³/mol. The maximum atomic E-state index is 12.7. The van der Waals surface area contributed by atoms with Crippen molar-refractivity contribution in [2.45, 2.75) is 0 Å². The van der Waals surface area contributed by atoms with Crippen LogP contribution in [0.25, 0.3) is 0 Å². The number of nitro groups is 1. The number of carbonyl (C=O) groups is 1. The van der Waals surface area contributed by atoms with Gasteiger partial charge in [-0.1, -0.05) is 54.1 Å². The number of nitro benzene ring substituents is 1. The van der Waals surface area contributed by atoms with E-state index in [0.29, 0.717) is 48.0 Å². The molecule has 0 aromatic heterocycles. The summed E-state index contributed by atoms with van der Waals surface area (Å²) in [4.78, 5) is 28.2. The number of anilines is 2. The number of piperazine rings is 1. The highest BCUT2D eigenvalue weighted by Gasteiger charge is 2.26. The normalized spacial score (nSPS) is 13.9. The summed E-state index contributed by atoms with van der Waals surface area (Å²) in [5, 5.41) is 12.4. The zero-order valence-electron chi connectivity index (χ0n) is 16.2. The first-order valence-electron chi connectivity index (χ1n) is 9.67. The Morgan fingerprint density at radius 2 is 1.40 bits per heavy atom. The lowest BCUT2D eigenvalue weighted by molar-refractivity contribution is -0.384. The molecule has 1 aliphatic heterocycles. The summed E-state index contributed by atoms with van der Waals surface area (Å²) in [5.41, 5.74) is 2.27. The maximum absolute atomic E-state index is 12.7. The molecule has 7 heteroatoms. The largest absolute Gasteiger partial charge is 0.367 e. The Morgan fingerprint density at radius 1 is 0.800 bits per heavy atom. The van der Waals surface area contributed by atoms with Crippen LogP contribution in [0.5, 0.6) is 0 Å². The van der Waals surface area contributed by atoms with E-state index >= 15 is 0 Å². The number of rotatable bonds is 5. The third-order valence-corrected chi connectivity index (χ3v) is 5.60. The van der Waals surface area contributed by atoms with Crippen molar-refractivity contribution < 1.29 is 9.72 Å². The molecule has 0 saturated carbocycles. The van der Waals surface area contributed by atoms with Gasteiger partial charge in [0.1, 0.15) is 5.69 Å². The van der Waals surface area contributed by atoms with Crippen molar-refractivity contribution in [1.82, 2.24) is 0 Å². The predicted octanol–water partition coefficient (Wildman–Crippen LogP) is 4.81. The lowest BCUT2D eigenvalue weighted by Gasteiger charge is -2.37. The molecule has 0 bridgehead atoms. The second kappa shape index (κ2) is 8.55. The summed E-state index contributed by atoms with van der Waals surface area (Å²) >= 11 is 6.30. The van der Waals surface area contributed by atoms with Gasteiger partial charge >= 0.3 is 0 Å². The first kappa shape index (κ1) is 19.9. The summed E-state index contributed by atoms with van der Waals surface area (Å²) in [6.07, 6.45) is 0. The minimum atomic E-state index is -0.419. The molecule has 152 valence electrons. The fourth-order valence-corrected chi connectivity index (χ4v) is 3.99. The molecule has 0 radical (unpaired) electrons. The smallest absolute Gasteiger partial charge is 0.293 e. The number of hydrogen-bond donors (Lipinski definition) is 0. The van der Waals surface area contributed by atoms with E-state index < -0.39 is 4.92 Å². The van der Waals surface area contributed by atoms with Gasteiger partial charge in [0.25, 0.3) is 5.69 Å². The molecule has 0 unspecified atom stereocenters. The number of ketones is 1. The molecule has 0 N–H and O–H groups in total. The summed E-state index contributed by atoms with van der Waals surface area (Å²) in [5.74, 6) is -0.228. The summed E-state index contributed by atoms with van der Waals surface area (Å²) in [6.45, 7) is 2.65. The average Bonchev–Trinajstić information content (AvgIpc) is 2.79. The van der Waals surface area contributed by atoms with E-state index in [2.05, 4.69) is 4.90 Å². The first-order chi connectivity index (χ1) is 14.5. The Hall–Kier alpha value is -3.38. The van der Waals surface area contributed by atoms with Crippen LogP contribution in [0.1, 0.15) is 15.9 Å². The molecule has 3 aromatic carbocycles. The van der Waals surface area contributed by atoms with Crippen molar-refractivity contribution in [2.24, 2.45) is 0 Å². The van der Waals surface area contributed by atoms with Crippen LogP contribution in [0.4, 0.5) is 17.1 Å². The highest BCUT2D eigenvalue weighted by atomic mass is 35.5. The van der Waals surface area contributed by atoms with Crippen molar-refractivity contribution in [3.63, 3.8) is 0 Å². The number of para-hydroxylation sites is 1. The average molecular weight is 422 g/mol. The SMILES string of the molecule is O=C(c1ccccc1)c1ccc(N2CCN(c3ccccc3Cl)CC2)c([N+](=O)[O-])c1. The molecule has 1 aliphatic rings. The van der Waals surface area contributed by atoms with E-state index in [0.717, 1.165) is 5.69 Å². The highest BCUT2D eigenvalue weighted by molar-refractivity contribution is 6.33. The van der Waals surface area contributed by atoms with Crippen LogP contribution >= 0.6 is 11.6 Å².